The molecule has 0 aliphatic heterocycles. The van der Waals surface area contributed by atoms with Crippen molar-refractivity contribution in [1.29, 1.82) is 0 Å². The summed E-state index contributed by atoms with van der Waals surface area (Å²) in [6, 6.07) is 14.4. The average Bonchev–Trinajstić information content (AvgIpc) is 2.70. The van der Waals surface area contributed by atoms with E-state index in [1.807, 2.05) is 49.4 Å². The second-order valence-electron chi connectivity index (χ2n) is 6.47. The zero-order valence-corrected chi connectivity index (χ0v) is 15.8. The fourth-order valence-corrected chi connectivity index (χ4v) is 3.00. The van der Waals surface area contributed by atoms with Gasteiger partial charge >= 0.3 is 0 Å². The van der Waals surface area contributed by atoms with Crippen LogP contribution >= 0.6 is 0 Å². The Morgan fingerprint density at radius 1 is 1.21 bits per heavy atom. The lowest BCUT2D eigenvalue weighted by Crippen LogP contribution is -2.42. The summed E-state index contributed by atoms with van der Waals surface area (Å²) >= 11 is 0. The van der Waals surface area contributed by atoms with Crippen LogP contribution in [0.5, 0.6) is 5.75 Å². The van der Waals surface area contributed by atoms with Gasteiger partial charge in [-0.3, -0.25) is 14.2 Å². The van der Waals surface area contributed by atoms with Crippen molar-refractivity contribution in [2.24, 2.45) is 5.73 Å². The summed E-state index contributed by atoms with van der Waals surface area (Å²) in [5.74, 6) is 0.334. The maximum absolute atomic E-state index is 12.5. The molecule has 0 bridgehead atoms. The van der Waals surface area contributed by atoms with E-state index >= 15 is 0 Å². The Bertz CT molecular complexity index is 998. The van der Waals surface area contributed by atoms with Gasteiger partial charge in [0.05, 0.1) is 29.8 Å². The molecule has 1 unspecified atom stereocenters. The third-order valence-electron chi connectivity index (χ3n) is 4.49. The number of likely N-dealkylation sites (N-methyl/N-ethyl adjacent to an activating group) is 1. The molecule has 0 spiro atoms. The summed E-state index contributed by atoms with van der Waals surface area (Å²) < 4.78 is 7.28. The number of fused-ring (bicyclic) bond motifs is 1. The molecule has 0 aliphatic rings. The van der Waals surface area contributed by atoms with E-state index in [9.17, 15) is 9.59 Å². The molecule has 2 aromatic carbocycles. The van der Waals surface area contributed by atoms with Gasteiger partial charge in [-0.15, -0.1) is 0 Å². The Morgan fingerprint density at radius 2 is 1.96 bits per heavy atom. The van der Waals surface area contributed by atoms with Gasteiger partial charge in [0.15, 0.2) is 0 Å². The number of carbonyl (C=O) groups excluding carboxylic acids is 1. The highest BCUT2D eigenvalue weighted by Gasteiger charge is 2.14. The van der Waals surface area contributed by atoms with Gasteiger partial charge in [0.1, 0.15) is 12.4 Å². The second kappa shape index (κ2) is 9.14. The third kappa shape index (κ3) is 4.75. The number of benzene rings is 2. The summed E-state index contributed by atoms with van der Waals surface area (Å²) in [7, 11) is 0. The van der Waals surface area contributed by atoms with Crippen molar-refractivity contribution in [2.75, 3.05) is 13.2 Å². The molecule has 0 saturated heterocycles. The van der Waals surface area contributed by atoms with E-state index in [0.717, 1.165) is 5.56 Å². The highest BCUT2D eigenvalue weighted by atomic mass is 16.5. The second-order valence-corrected chi connectivity index (χ2v) is 6.47. The van der Waals surface area contributed by atoms with Gasteiger partial charge in [0.2, 0.25) is 5.91 Å². The zero-order chi connectivity index (χ0) is 19.9. The number of primary amides is 1. The summed E-state index contributed by atoms with van der Waals surface area (Å²) in [4.78, 5) is 28.2. The molecule has 146 valence electrons. The number of carbonyl (C=O) groups is 1. The van der Waals surface area contributed by atoms with E-state index in [1.165, 1.54) is 0 Å². The normalized spacial score (nSPS) is 12.0. The van der Waals surface area contributed by atoms with E-state index < -0.39 is 0 Å². The van der Waals surface area contributed by atoms with Crippen LogP contribution < -0.4 is 21.3 Å². The monoisotopic (exact) mass is 380 g/mol. The minimum absolute atomic E-state index is 0.0783. The topological polar surface area (TPSA) is 99.2 Å². The molecule has 7 heteroatoms. The van der Waals surface area contributed by atoms with Crippen LogP contribution in [-0.2, 0) is 17.8 Å². The van der Waals surface area contributed by atoms with Crippen LogP contribution in [0.2, 0.25) is 0 Å². The van der Waals surface area contributed by atoms with Crippen molar-refractivity contribution in [1.82, 2.24) is 14.9 Å². The van der Waals surface area contributed by atoms with Crippen molar-refractivity contribution in [3.8, 4) is 5.75 Å². The first-order valence-electron chi connectivity index (χ1n) is 9.27. The first-order chi connectivity index (χ1) is 13.6. The average molecular weight is 380 g/mol. The highest BCUT2D eigenvalue weighted by Crippen LogP contribution is 2.14. The summed E-state index contributed by atoms with van der Waals surface area (Å²) in [5, 5.41) is 3.67. The van der Waals surface area contributed by atoms with Crippen LogP contribution in [0.25, 0.3) is 10.9 Å². The van der Waals surface area contributed by atoms with Crippen LogP contribution in [0.3, 0.4) is 0 Å². The van der Waals surface area contributed by atoms with Crippen LogP contribution in [0, 0.1) is 0 Å². The quantitative estimate of drug-likeness (QED) is 0.586. The fourth-order valence-electron chi connectivity index (χ4n) is 3.00. The molecule has 1 atom stereocenters. The molecule has 3 N–H and O–H groups in total. The SMILES string of the molecule is CCNC(Cc1ccc(OCCn2cnc3ccccc3c2=O)cc1)C(N)=O. The van der Waals surface area contributed by atoms with Crippen LogP contribution in [0.1, 0.15) is 12.5 Å². The summed E-state index contributed by atoms with van der Waals surface area (Å²) in [6.45, 7) is 3.37. The van der Waals surface area contributed by atoms with E-state index in [4.69, 9.17) is 10.5 Å². The molecule has 1 amide bonds. The highest BCUT2D eigenvalue weighted by molar-refractivity contribution is 5.80. The lowest BCUT2D eigenvalue weighted by Gasteiger charge is -2.14. The molecule has 1 aromatic heterocycles. The maximum atomic E-state index is 12.5. The maximum Gasteiger partial charge on any atom is 0.261 e. The molecule has 28 heavy (non-hydrogen) atoms. The van der Waals surface area contributed by atoms with Gasteiger partial charge < -0.3 is 15.8 Å². The van der Waals surface area contributed by atoms with Crippen LogP contribution in [-0.4, -0.2) is 34.7 Å². The number of nitrogens with zero attached hydrogens (tertiary/aromatic N) is 2. The lowest BCUT2D eigenvalue weighted by atomic mass is 10.1. The Labute approximate surface area is 163 Å². The summed E-state index contributed by atoms with van der Waals surface area (Å²) in [5.41, 5.74) is 7.01. The number of amides is 1. The fraction of sp³-hybridized carbons (Fsp3) is 0.286. The molecule has 3 aromatic rings. The first kappa shape index (κ1) is 19.6. The number of hydrogen-bond acceptors (Lipinski definition) is 5. The Kier molecular flexibility index (Phi) is 6.39. The molecular formula is C21H24N4O3. The van der Waals surface area contributed by atoms with Crippen molar-refractivity contribution in [3.05, 3.63) is 70.8 Å². The van der Waals surface area contributed by atoms with Gasteiger partial charge in [-0.1, -0.05) is 31.2 Å². The number of nitrogens with two attached hydrogens (primary N) is 1. The van der Waals surface area contributed by atoms with Crippen LogP contribution in [0.4, 0.5) is 0 Å². The van der Waals surface area contributed by atoms with Crippen LogP contribution in [0.15, 0.2) is 59.7 Å². The van der Waals surface area contributed by atoms with Crippen molar-refractivity contribution < 1.29 is 9.53 Å². The predicted octanol–water partition coefficient (Wildman–Crippen LogP) is 1.48. The molecule has 7 nitrogen and oxygen atoms in total. The Hall–Kier alpha value is -3.19. The van der Waals surface area contributed by atoms with E-state index in [1.54, 1.807) is 17.0 Å². The molecule has 0 fully saturated rings. The van der Waals surface area contributed by atoms with Gasteiger partial charge in [0.25, 0.3) is 5.56 Å². The zero-order valence-electron chi connectivity index (χ0n) is 15.8. The number of aromatic nitrogens is 2. The minimum Gasteiger partial charge on any atom is -0.492 e. The number of rotatable bonds is 9. The van der Waals surface area contributed by atoms with Gasteiger partial charge in [-0.2, -0.15) is 0 Å². The molecule has 1 heterocycles. The lowest BCUT2D eigenvalue weighted by molar-refractivity contribution is -0.120. The largest absolute Gasteiger partial charge is 0.492 e. The van der Waals surface area contributed by atoms with Crippen molar-refractivity contribution in [2.45, 2.75) is 25.9 Å². The van der Waals surface area contributed by atoms with Gasteiger partial charge in [-0.25, -0.2) is 4.98 Å². The number of nitrogens with one attached hydrogen (secondary N) is 1. The molecule has 3 rings (SSSR count). The molecule has 0 saturated carbocycles. The molecule has 0 radical (unpaired) electrons. The van der Waals surface area contributed by atoms with E-state index in [0.29, 0.717) is 42.8 Å². The number of hydrogen-bond donors (Lipinski definition) is 2. The van der Waals surface area contributed by atoms with Crippen molar-refractivity contribution >= 4 is 16.8 Å². The predicted molar refractivity (Wildman–Crippen MR) is 108 cm³/mol. The Morgan fingerprint density at radius 3 is 2.68 bits per heavy atom. The van der Waals surface area contributed by atoms with E-state index in [2.05, 4.69) is 10.3 Å². The smallest absolute Gasteiger partial charge is 0.261 e. The number of ether oxygens (including phenoxy) is 1. The van der Waals surface area contributed by atoms with Crippen molar-refractivity contribution in [3.63, 3.8) is 0 Å². The molecular weight excluding hydrogens is 356 g/mol. The van der Waals surface area contributed by atoms with E-state index in [-0.39, 0.29) is 17.5 Å². The third-order valence-corrected chi connectivity index (χ3v) is 4.49. The standard InChI is InChI=1S/C21H24N4O3/c1-2-23-19(20(22)26)13-15-7-9-16(10-8-15)28-12-11-25-14-24-18-6-4-3-5-17(18)21(25)27/h3-10,14,19,23H,2,11-13H2,1H3,(H2,22,26). The van der Waals surface area contributed by atoms with Gasteiger partial charge in [0, 0.05) is 0 Å². The minimum atomic E-state index is -0.385. The summed E-state index contributed by atoms with van der Waals surface area (Å²) in [6.07, 6.45) is 2.07. The molecule has 0 aliphatic carbocycles. The first-order valence-corrected chi connectivity index (χ1v) is 9.27. The number of para-hydroxylation sites is 1. The Balaban J connectivity index is 1.57. The van der Waals surface area contributed by atoms with Gasteiger partial charge in [-0.05, 0) is 42.8 Å².